The zero-order chi connectivity index (χ0) is 16.2. The van der Waals surface area contributed by atoms with Gasteiger partial charge in [0.15, 0.2) is 0 Å². The van der Waals surface area contributed by atoms with E-state index in [0.717, 1.165) is 16.2 Å². The van der Waals surface area contributed by atoms with Crippen LogP contribution in [0, 0.1) is 0 Å². The lowest BCUT2D eigenvalue weighted by Gasteiger charge is -2.22. The summed E-state index contributed by atoms with van der Waals surface area (Å²) in [5.74, 6) is -0.0141. The summed E-state index contributed by atoms with van der Waals surface area (Å²) in [7, 11) is 1.95. The molecule has 0 saturated heterocycles. The van der Waals surface area contributed by atoms with Crippen LogP contribution in [0.1, 0.15) is 11.9 Å². The van der Waals surface area contributed by atoms with Crippen LogP contribution in [-0.2, 0) is 11.3 Å². The van der Waals surface area contributed by atoms with Gasteiger partial charge in [-0.25, -0.2) is 4.98 Å². The summed E-state index contributed by atoms with van der Waals surface area (Å²) in [6, 6.07) is 17.4. The van der Waals surface area contributed by atoms with Gasteiger partial charge in [0.05, 0.1) is 22.8 Å². The second kappa shape index (κ2) is 6.89. The summed E-state index contributed by atoms with van der Waals surface area (Å²) in [4.78, 5) is 19.0. The lowest BCUT2D eigenvalue weighted by molar-refractivity contribution is -0.120. The first kappa shape index (κ1) is 15.6. The fourth-order valence-electron chi connectivity index (χ4n) is 2.31. The van der Waals surface area contributed by atoms with Gasteiger partial charge in [0.1, 0.15) is 5.01 Å². The quantitative estimate of drug-likeness (QED) is 0.777. The van der Waals surface area contributed by atoms with E-state index < -0.39 is 0 Å². The van der Waals surface area contributed by atoms with Crippen LogP contribution in [0.15, 0.2) is 54.6 Å². The molecular formula is C18H19N3OS. The average molecular weight is 325 g/mol. The third kappa shape index (κ3) is 3.75. The van der Waals surface area contributed by atoms with Crippen molar-refractivity contribution in [3.05, 3.63) is 59.6 Å². The second-order valence-corrected chi connectivity index (χ2v) is 6.64. The van der Waals surface area contributed by atoms with Crippen LogP contribution >= 0.6 is 11.3 Å². The number of rotatable bonds is 5. The molecule has 0 spiro atoms. The topological polar surface area (TPSA) is 45.2 Å². The van der Waals surface area contributed by atoms with Crippen molar-refractivity contribution in [3.63, 3.8) is 0 Å². The molecule has 0 radical (unpaired) electrons. The van der Waals surface area contributed by atoms with Gasteiger partial charge in [-0.1, -0.05) is 30.3 Å². The molecule has 0 bridgehead atoms. The first-order valence-electron chi connectivity index (χ1n) is 7.54. The number of thiazole rings is 1. The fraction of sp³-hybridized carbons (Fsp3) is 0.222. The molecule has 1 N–H and O–H groups in total. The molecule has 1 heterocycles. The predicted octanol–water partition coefficient (Wildman–Crippen LogP) is 3.76. The Labute approximate surface area is 139 Å². The molecule has 1 amide bonds. The van der Waals surface area contributed by atoms with Crippen molar-refractivity contribution < 1.29 is 4.79 Å². The molecule has 1 atom stereocenters. The Morgan fingerprint density at radius 3 is 2.61 bits per heavy atom. The maximum Gasteiger partial charge on any atom is 0.241 e. The minimum absolute atomic E-state index is 0.0141. The SMILES string of the molecule is C[C@@H](C(=O)Nc1ccccc1)N(C)Cc1nc2ccccc2s1. The first-order chi connectivity index (χ1) is 11.1. The number of amides is 1. The molecule has 23 heavy (non-hydrogen) atoms. The zero-order valence-corrected chi connectivity index (χ0v) is 14.0. The highest BCUT2D eigenvalue weighted by atomic mass is 32.1. The summed E-state index contributed by atoms with van der Waals surface area (Å²) < 4.78 is 1.18. The second-order valence-electron chi connectivity index (χ2n) is 5.52. The number of para-hydroxylation sites is 2. The highest BCUT2D eigenvalue weighted by molar-refractivity contribution is 7.18. The molecule has 118 valence electrons. The number of benzene rings is 2. The molecule has 2 aromatic carbocycles. The smallest absolute Gasteiger partial charge is 0.241 e. The highest BCUT2D eigenvalue weighted by Gasteiger charge is 2.19. The van der Waals surface area contributed by atoms with Crippen molar-refractivity contribution >= 4 is 33.1 Å². The molecule has 0 unspecified atom stereocenters. The molecule has 1 aromatic heterocycles. The van der Waals surface area contributed by atoms with Crippen LogP contribution in [0.5, 0.6) is 0 Å². The number of carbonyl (C=O) groups is 1. The lowest BCUT2D eigenvalue weighted by atomic mass is 10.2. The normalized spacial score (nSPS) is 12.5. The van der Waals surface area contributed by atoms with Crippen molar-refractivity contribution in [1.82, 2.24) is 9.88 Å². The molecular weight excluding hydrogens is 306 g/mol. The Bertz CT molecular complexity index is 767. The molecule has 5 heteroatoms. The van der Waals surface area contributed by atoms with Crippen LogP contribution in [0.3, 0.4) is 0 Å². The molecule has 0 aliphatic heterocycles. The summed E-state index contributed by atoms with van der Waals surface area (Å²) >= 11 is 1.67. The third-order valence-electron chi connectivity index (χ3n) is 3.80. The minimum atomic E-state index is -0.234. The Balaban J connectivity index is 1.64. The van der Waals surface area contributed by atoms with Crippen LogP contribution in [0.25, 0.3) is 10.2 Å². The number of likely N-dealkylation sites (N-methyl/N-ethyl adjacent to an activating group) is 1. The maximum atomic E-state index is 12.3. The number of nitrogens with zero attached hydrogens (tertiary/aromatic N) is 2. The molecule has 4 nitrogen and oxygen atoms in total. The Kier molecular flexibility index (Phi) is 4.69. The standard InChI is InChI=1S/C18H19N3OS/c1-13(18(22)19-14-8-4-3-5-9-14)21(2)12-17-20-15-10-6-7-11-16(15)23-17/h3-11,13H,12H2,1-2H3,(H,19,22)/t13-/m0/s1. The number of carbonyl (C=O) groups excluding carboxylic acids is 1. The van der Waals surface area contributed by atoms with Gasteiger partial charge in [0.25, 0.3) is 0 Å². The van der Waals surface area contributed by atoms with Gasteiger partial charge in [-0.3, -0.25) is 9.69 Å². The van der Waals surface area contributed by atoms with E-state index in [1.54, 1.807) is 11.3 Å². The van der Waals surface area contributed by atoms with Gasteiger partial charge in [-0.05, 0) is 38.2 Å². The monoisotopic (exact) mass is 325 g/mol. The van der Waals surface area contributed by atoms with E-state index >= 15 is 0 Å². The molecule has 0 aliphatic carbocycles. The van der Waals surface area contributed by atoms with E-state index in [-0.39, 0.29) is 11.9 Å². The third-order valence-corrected chi connectivity index (χ3v) is 4.83. The number of nitrogens with one attached hydrogen (secondary N) is 1. The minimum Gasteiger partial charge on any atom is -0.325 e. The van der Waals surface area contributed by atoms with Crippen molar-refractivity contribution in [3.8, 4) is 0 Å². The average Bonchev–Trinajstić information content (AvgIpc) is 2.97. The van der Waals surface area contributed by atoms with E-state index in [1.165, 1.54) is 4.70 Å². The van der Waals surface area contributed by atoms with Crippen LogP contribution < -0.4 is 5.32 Å². The molecule has 3 rings (SSSR count). The van der Waals surface area contributed by atoms with Gasteiger partial charge < -0.3 is 5.32 Å². The van der Waals surface area contributed by atoms with E-state index in [4.69, 9.17) is 0 Å². The first-order valence-corrected chi connectivity index (χ1v) is 8.36. The Hall–Kier alpha value is -2.24. The number of anilines is 1. The van der Waals surface area contributed by atoms with Gasteiger partial charge in [-0.15, -0.1) is 11.3 Å². The van der Waals surface area contributed by atoms with Gasteiger partial charge >= 0.3 is 0 Å². The maximum absolute atomic E-state index is 12.3. The largest absolute Gasteiger partial charge is 0.325 e. The molecule has 3 aromatic rings. The predicted molar refractivity (Wildman–Crippen MR) is 95.6 cm³/mol. The molecule has 0 saturated carbocycles. The van der Waals surface area contributed by atoms with Crippen LogP contribution in [0.2, 0.25) is 0 Å². The summed E-state index contributed by atoms with van der Waals surface area (Å²) in [6.07, 6.45) is 0. The lowest BCUT2D eigenvalue weighted by Crippen LogP contribution is -2.39. The molecule has 0 fully saturated rings. The van der Waals surface area contributed by atoms with E-state index in [9.17, 15) is 4.79 Å². The van der Waals surface area contributed by atoms with Gasteiger partial charge in [0.2, 0.25) is 5.91 Å². The van der Waals surface area contributed by atoms with E-state index in [1.807, 2.05) is 67.4 Å². The van der Waals surface area contributed by atoms with Crippen LogP contribution in [0.4, 0.5) is 5.69 Å². The van der Waals surface area contributed by atoms with Crippen molar-refractivity contribution in [2.24, 2.45) is 0 Å². The van der Waals surface area contributed by atoms with E-state index in [2.05, 4.69) is 16.4 Å². The summed E-state index contributed by atoms with van der Waals surface area (Å²) in [5.41, 5.74) is 1.83. The summed E-state index contributed by atoms with van der Waals surface area (Å²) in [5, 5.41) is 3.96. The van der Waals surface area contributed by atoms with Gasteiger partial charge in [-0.2, -0.15) is 0 Å². The summed E-state index contributed by atoms with van der Waals surface area (Å²) in [6.45, 7) is 2.56. The zero-order valence-electron chi connectivity index (χ0n) is 13.2. The highest BCUT2D eigenvalue weighted by Crippen LogP contribution is 2.22. The van der Waals surface area contributed by atoms with Crippen LogP contribution in [-0.4, -0.2) is 28.9 Å². The molecule has 0 aliphatic rings. The van der Waals surface area contributed by atoms with Crippen molar-refractivity contribution in [1.29, 1.82) is 0 Å². The van der Waals surface area contributed by atoms with Crippen molar-refractivity contribution in [2.45, 2.75) is 19.5 Å². The number of aromatic nitrogens is 1. The Morgan fingerprint density at radius 2 is 1.87 bits per heavy atom. The van der Waals surface area contributed by atoms with Gasteiger partial charge in [0, 0.05) is 5.69 Å². The number of hydrogen-bond donors (Lipinski definition) is 1. The Morgan fingerprint density at radius 1 is 1.17 bits per heavy atom. The number of hydrogen-bond acceptors (Lipinski definition) is 4. The van der Waals surface area contributed by atoms with E-state index in [0.29, 0.717) is 6.54 Å². The fourth-order valence-corrected chi connectivity index (χ4v) is 3.34. The number of fused-ring (bicyclic) bond motifs is 1. The van der Waals surface area contributed by atoms with Crippen molar-refractivity contribution in [2.75, 3.05) is 12.4 Å².